The molecular formula is C17H26N4O. The van der Waals surface area contributed by atoms with Gasteiger partial charge in [0.2, 0.25) is 5.91 Å². The first-order valence-electron chi connectivity index (χ1n) is 7.36. The monoisotopic (exact) mass is 302 g/mol. The number of amides is 1. The lowest BCUT2D eigenvalue weighted by atomic mass is 10.1. The summed E-state index contributed by atoms with van der Waals surface area (Å²) in [6.45, 7) is 5.65. The van der Waals surface area contributed by atoms with Crippen LogP contribution in [-0.4, -0.2) is 37.5 Å². The fourth-order valence-corrected chi connectivity index (χ4v) is 2.21. The average Bonchev–Trinajstić information content (AvgIpc) is 2.50. The van der Waals surface area contributed by atoms with E-state index in [1.165, 1.54) is 0 Å². The van der Waals surface area contributed by atoms with Crippen LogP contribution in [0.1, 0.15) is 19.4 Å². The molecule has 0 unspecified atom stereocenters. The molecule has 0 saturated heterocycles. The molecule has 5 nitrogen and oxygen atoms in total. The molecule has 0 aliphatic carbocycles. The Labute approximate surface area is 132 Å². The lowest BCUT2D eigenvalue weighted by Gasteiger charge is -2.18. The lowest BCUT2D eigenvalue weighted by Crippen LogP contribution is -2.24. The summed E-state index contributed by atoms with van der Waals surface area (Å²) in [7, 11) is 1.92. The van der Waals surface area contributed by atoms with Crippen LogP contribution in [-0.2, 0) is 4.79 Å². The molecule has 0 radical (unpaired) electrons. The number of likely N-dealkylation sites (N-methyl/N-ethyl adjacent to an activating group) is 1. The highest BCUT2D eigenvalue weighted by molar-refractivity contribution is 5.92. The summed E-state index contributed by atoms with van der Waals surface area (Å²) in [5, 5.41) is 3.32. The number of carbonyl (C=O) groups is 1. The van der Waals surface area contributed by atoms with Crippen LogP contribution < -0.4 is 16.8 Å². The molecule has 22 heavy (non-hydrogen) atoms. The van der Waals surface area contributed by atoms with E-state index in [1.807, 2.05) is 50.2 Å². The minimum Gasteiger partial charge on any atom is -0.383 e. The number of nitrogens with two attached hydrogens (primary N) is 2. The van der Waals surface area contributed by atoms with Gasteiger partial charge in [0.25, 0.3) is 0 Å². The first kappa shape index (κ1) is 17.8. The van der Waals surface area contributed by atoms with Gasteiger partial charge in [-0.05, 0) is 25.5 Å². The zero-order valence-electron chi connectivity index (χ0n) is 13.6. The molecule has 5 heteroatoms. The summed E-state index contributed by atoms with van der Waals surface area (Å²) >= 11 is 0. The van der Waals surface area contributed by atoms with Crippen molar-refractivity contribution in [2.45, 2.75) is 13.8 Å². The highest BCUT2D eigenvalue weighted by atomic mass is 16.1. The molecular weight excluding hydrogens is 276 g/mol. The number of hydrogen-bond donors (Lipinski definition) is 3. The number of hydrogen-bond acceptors (Lipinski definition) is 4. The van der Waals surface area contributed by atoms with Crippen molar-refractivity contribution in [2.75, 3.05) is 32.0 Å². The quantitative estimate of drug-likeness (QED) is 0.639. The number of para-hydroxylation sites is 1. The van der Waals surface area contributed by atoms with Crippen molar-refractivity contribution >= 4 is 17.2 Å². The van der Waals surface area contributed by atoms with Crippen LogP contribution in [0, 0.1) is 0 Å². The van der Waals surface area contributed by atoms with E-state index in [2.05, 4.69) is 11.4 Å². The van der Waals surface area contributed by atoms with Crippen LogP contribution in [0.15, 0.2) is 42.1 Å². The molecule has 5 N–H and O–H groups in total. The fraction of sp³-hybridized carbons (Fsp3) is 0.353. The van der Waals surface area contributed by atoms with E-state index < -0.39 is 0 Å². The van der Waals surface area contributed by atoms with Crippen molar-refractivity contribution < 1.29 is 4.79 Å². The first-order chi connectivity index (χ1) is 10.5. The van der Waals surface area contributed by atoms with Gasteiger partial charge in [0.15, 0.2) is 0 Å². The number of carbonyl (C=O) groups excluding carboxylic acids is 1. The van der Waals surface area contributed by atoms with Gasteiger partial charge in [0.05, 0.1) is 0 Å². The van der Waals surface area contributed by atoms with Crippen molar-refractivity contribution in [2.24, 2.45) is 11.5 Å². The number of primary amides is 1. The Morgan fingerprint density at radius 3 is 2.64 bits per heavy atom. The van der Waals surface area contributed by atoms with Crippen molar-refractivity contribution in [3.8, 4) is 0 Å². The third kappa shape index (κ3) is 5.26. The molecule has 120 valence electrons. The summed E-state index contributed by atoms with van der Waals surface area (Å²) in [6.07, 6.45) is 3.76. The zero-order valence-corrected chi connectivity index (χ0v) is 13.6. The lowest BCUT2D eigenvalue weighted by molar-refractivity contribution is -0.114. The van der Waals surface area contributed by atoms with Gasteiger partial charge >= 0.3 is 0 Å². The molecule has 0 fully saturated rings. The molecule has 0 spiro atoms. The normalized spacial score (nSPS) is 12.2. The van der Waals surface area contributed by atoms with Crippen LogP contribution in [0.5, 0.6) is 0 Å². The fourth-order valence-electron chi connectivity index (χ4n) is 2.21. The van der Waals surface area contributed by atoms with E-state index in [4.69, 9.17) is 11.5 Å². The second-order valence-corrected chi connectivity index (χ2v) is 5.17. The van der Waals surface area contributed by atoms with Gasteiger partial charge in [0.1, 0.15) is 0 Å². The Hall–Kier alpha value is -2.27. The van der Waals surface area contributed by atoms with Gasteiger partial charge in [-0.2, -0.15) is 0 Å². The van der Waals surface area contributed by atoms with E-state index in [9.17, 15) is 4.79 Å². The zero-order chi connectivity index (χ0) is 16.5. The SMILES string of the molecule is C/C=C(\CN(C)/C=C(\C)c1ccccc1NCCN)C(N)=O. The van der Waals surface area contributed by atoms with Gasteiger partial charge in [-0.3, -0.25) is 4.79 Å². The van der Waals surface area contributed by atoms with Gasteiger partial charge in [-0.15, -0.1) is 0 Å². The van der Waals surface area contributed by atoms with E-state index >= 15 is 0 Å². The van der Waals surface area contributed by atoms with Gasteiger partial charge in [-0.25, -0.2) is 0 Å². The number of anilines is 1. The van der Waals surface area contributed by atoms with E-state index in [-0.39, 0.29) is 5.91 Å². The Morgan fingerprint density at radius 1 is 1.36 bits per heavy atom. The van der Waals surface area contributed by atoms with Crippen LogP contribution in [0.3, 0.4) is 0 Å². The molecule has 0 heterocycles. The largest absolute Gasteiger partial charge is 0.383 e. The Balaban J connectivity index is 2.90. The molecule has 0 bridgehead atoms. The third-order valence-corrected chi connectivity index (χ3v) is 3.31. The van der Waals surface area contributed by atoms with Gasteiger partial charge in [-0.1, -0.05) is 24.3 Å². The maximum Gasteiger partial charge on any atom is 0.246 e. The second kappa shape index (κ2) is 8.89. The number of nitrogens with zero attached hydrogens (tertiary/aromatic N) is 1. The van der Waals surface area contributed by atoms with Crippen LogP contribution in [0.4, 0.5) is 5.69 Å². The molecule has 1 aromatic rings. The summed E-state index contributed by atoms with van der Waals surface area (Å²) in [5.41, 5.74) is 14.8. The summed E-state index contributed by atoms with van der Waals surface area (Å²) in [5.74, 6) is -0.384. The molecule has 0 aromatic heterocycles. The number of benzene rings is 1. The number of nitrogens with one attached hydrogen (secondary N) is 1. The van der Waals surface area contributed by atoms with Crippen LogP contribution in [0.2, 0.25) is 0 Å². The maximum absolute atomic E-state index is 11.3. The van der Waals surface area contributed by atoms with Crippen LogP contribution in [0.25, 0.3) is 5.57 Å². The first-order valence-corrected chi connectivity index (χ1v) is 7.36. The molecule has 1 amide bonds. The highest BCUT2D eigenvalue weighted by Gasteiger charge is 2.07. The second-order valence-electron chi connectivity index (χ2n) is 5.17. The van der Waals surface area contributed by atoms with E-state index in [1.54, 1.807) is 6.08 Å². The smallest absolute Gasteiger partial charge is 0.246 e. The minimum absolute atomic E-state index is 0.384. The predicted molar refractivity (Wildman–Crippen MR) is 93.2 cm³/mol. The van der Waals surface area contributed by atoms with Gasteiger partial charge < -0.3 is 21.7 Å². The van der Waals surface area contributed by atoms with Crippen molar-refractivity contribution in [3.63, 3.8) is 0 Å². The summed E-state index contributed by atoms with van der Waals surface area (Å²) < 4.78 is 0. The summed E-state index contributed by atoms with van der Waals surface area (Å²) in [4.78, 5) is 13.2. The third-order valence-electron chi connectivity index (χ3n) is 3.31. The Morgan fingerprint density at radius 2 is 2.05 bits per heavy atom. The van der Waals surface area contributed by atoms with Gasteiger partial charge in [0, 0.05) is 49.7 Å². The summed E-state index contributed by atoms with van der Waals surface area (Å²) in [6, 6.07) is 8.08. The van der Waals surface area contributed by atoms with Crippen molar-refractivity contribution in [1.29, 1.82) is 0 Å². The topological polar surface area (TPSA) is 84.4 Å². The number of rotatable bonds is 8. The van der Waals surface area contributed by atoms with E-state index in [0.29, 0.717) is 18.7 Å². The Kier molecular flexibility index (Phi) is 7.19. The number of allylic oxidation sites excluding steroid dienone is 2. The van der Waals surface area contributed by atoms with Crippen molar-refractivity contribution in [1.82, 2.24) is 4.90 Å². The van der Waals surface area contributed by atoms with E-state index in [0.717, 1.165) is 23.4 Å². The predicted octanol–water partition coefficient (Wildman–Crippen LogP) is 1.78. The molecule has 0 aliphatic heterocycles. The molecule has 0 atom stereocenters. The van der Waals surface area contributed by atoms with Crippen molar-refractivity contribution in [3.05, 3.63) is 47.7 Å². The van der Waals surface area contributed by atoms with Crippen LogP contribution >= 0.6 is 0 Å². The molecule has 1 rings (SSSR count). The average molecular weight is 302 g/mol. The Bertz CT molecular complexity index is 564. The standard InChI is InChI=1S/C17H26N4O/c1-4-14(17(19)22)12-21(3)11-13(2)15-7-5-6-8-16(15)20-10-9-18/h4-8,11,20H,9-10,12,18H2,1-3H3,(H2,19,22)/b13-11+,14-4+. The molecule has 1 aromatic carbocycles. The minimum atomic E-state index is -0.384. The highest BCUT2D eigenvalue weighted by Crippen LogP contribution is 2.23. The maximum atomic E-state index is 11.3. The molecule has 0 aliphatic rings. The molecule has 0 saturated carbocycles.